The quantitative estimate of drug-likeness (QED) is 0.865. The molecule has 1 aromatic carbocycles. The summed E-state index contributed by atoms with van der Waals surface area (Å²) in [6.07, 6.45) is 9.44. The highest BCUT2D eigenvalue weighted by Crippen LogP contribution is 2.43. The van der Waals surface area contributed by atoms with E-state index in [0.29, 0.717) is 18.6 Å². The number of aliphatic imine (C=N–C) groups is 1. The van der Waals surface area contributed by atoms with Gasteiger partial charge >= 0.3 is 0 Å². The number of aromatic nitrogens is 1. The Morgan fingerprint density at radius 2 is 2.08 bits per heavy atom. The molecule has 26 heavy (non-hydrogen) atoms. The summed E-state index contributed by atoms with van der Waals surface area (Å²) in [5.74, 6) is 0.101. The first kappa shape index (κ1) is 14.5. The van der Waals surface area contributed by atoms with Crippen LogP contribution in [0.15, 0.2) is 47.1 Å². The van der Waals surface area contributed by atoms with Crippen LogP contribution in [0.2, 0.25) is 0 Å². The van der Waals surface area contributed by atoms with Crippen molar-refractivity contribution in [2.45, 2.75) is 31.3 Å². The van der Waals surface area contributed by atoms with Crippen LogP contribution in [0.4, 0.5) is 0 Å². The van der Waals surface area contributed by atoms with Crippen LogP contribution in [-0.2, 0) is 11.2 Å². The normalized spacial score (nSPS) is 26.6. The molecule has 2 atom stereocenters. The first-order valence-corrected chi connectivity index (χ1v) is 9.39. The van der Waals surface area contributed by atoms with Gasteiger partial charge in [-0.1, -0.05) is 18.2 Å². The van der Waals surface area contributed by atoms with Gasteiger partial charge in [0, 0.05) is 35.3 Å². The van der Waals surface area contributed by atoms with Crippen LogP contribution in [-0.4, -0.2) is 40.7 Å². The van der Waals surface area contributed by atoms with E-state index < -0.39 is 0 Å². The molecular weight excluding hydrogens is 324 g/mol. The van der Waals surface area contributed by atoms with Gasteiger partial charge in [-0.05, 0) is 36.6 Å². The van der Waals surface area contributed by atoms with Crippen molar-refractivity contribution in [1.82, 2.24) is 14.8 Å². The second-order valence-corrected chi connectivity index (χ2v) is 7.63. The average molecular weight is 344 g/mol. The minimum absolute atomic E-state index is 0.101. The molecule has 4 aliphatic heterocycles. The topological polar surface area (TPSA) is 49.6 Å². The van der Waals surface area contributed by atoms with Crippen LogP contribution in [0.3, 0.4) is 0 Å². The van der Waals surface area contributed by atoms with Gasteiger partial charge in [0.2, 0.25) is 5.78 Å². The van der Waals surface area contributed by atoms with Gasteiger partial charge in [0.1, 0.15) is 6.54 Å². The molecule has 0 saturated carbocycles. The molecule has 0 radical (unpaired) electrons. The third-order valence-electron chi connectivity index (χ3n) is 6.15. The molecule has 6 rings (SSSR count). The van der Waals surface area contributed by atoms with Crippen molar-refractivity contribution in [2.75, 3.05) is 13.1 Å². The Morgan fingerprint density at radius 3 is 3.04 bits per heavy atom. The van der Waals surface area contributed by atoms with Gasteiger partial charge in [-0.15, -0.1) is 0 Å². The Labute approximate surface area is 151 Å². The molecule has 0 spiro atoms. The number of nitrogens with zero attached hydrogens (tertiary/aromatic N) is 3. The molecule has 5 heteroatoms. The molecule has 4 aliphatic rings. The van der Waals surface area contributed by atoms with E-state index in [-0.39, 0.29) is 12.3 Å². The zero-order chi connectivity index (χ0) is 17.3. The molecule has 1 fully saturated rings. The largest absolute Gasteiger partial charge is 0.324 e. The summed E-state index contributed by atoms with van der Waals surface area (Å²) in [6, 6.07) is 9.79. The first-order chi connectivity index (χ1) is 12.8. The molecule has 2 bridgehead atoms. The summed E-state index contributed by atoms with van der Waals surface area (Å²) in [6.45, 7) is 0.956. The summed E-state index contributed by atoms with van der Waals surface area (Å²) < 4.78 is 2.44. The lowest BCUT2D eigenvalue weighted by molar-refractivity contribution is -0.115. The molecule has 130 valence electrons. The van der Waals surface area contributed by atoms with E-state index in [9.17, 15) is 4.79 Å². The number of carbonyl (C=O) groups excluding carboxylic acids is 1. The van der Waals surface area contributed by atoms with E-state index in [1.165, 1.54) is 40.7 Å². The number of hydrogen-bond donors (Lipinski definition) is 1. The lowest BCUT2D eigenvalue weighted by atomic mass is 9.99. The molecule has 0 unspecified atom stereocenters. The Kier molecular flexibility index (Phi) is 2.89. The standard InChI is InChI=1S/C21H20N4O/c26-20-10-22-12-24-11-14(6-8-18(20)24)25-17-4-2-1-3-15(17)21-16-7-5-13(23-16)9-19(21)25/h1-4,6,8,12-13,16,23H,5,7,9-11H2/t13-,16+/m0/s1. The monoisotopic (exact) mass is 344 g/mol. The number of nitrogens with one attached hydrogen (secondary N) is 1. The Balaban J connectivity index is 1.57. The molecule has 5 heterocycles. The summed E-state index contributed by atoms with van der Waals surface area (Å²) in [5, 5.41) is 5.15. The fourth-order valence-electron chi connectivity index (χ4n) is 5.06. The zero-order valence-electron chi connectivity index (χ0n) is 14.5. The van der Waals surface area contributed by atoms with Gasteiger partial charge in [-0.2, -0.15) is 0 Å². The lowest BCUT2D eigenvalue weighted by Crippen LogP contribution is -2.36. The predicted molar refractivity (Wildman–Crippen MR) is 102 cm³/mol. The van der Waals surface area contributed by atoms with Gasteiger partial charge in [0.05, 0.1) is 24.1 Å². The van der Waals surface area contributed by atoms with Gasteiger partial charge in [0.15, 0.2) is 0 Å². The first-order valence-electron chi connectivity index (χ1n) is 9.39. The van der Waals surface area contributed by atoms with Crippen molar-refractivity contribution in [1.29, 1.82) is 0 Å². The number of rotatable bonds is 1. The maximum Gasteiger partial charge on any atom is 0.200 e. The maximum absolute atomic E-state index is 12.1. The van der Waals surface area contributed by atoms with Crippen molar-refractivity contribution in [3.8, 4) is 0 Å². The lowest BCUT2D eigenvalue weighted by Gasteiger charge is -2.31. The number of hydrogen-bond acceptors (Lipinski definition) is 4. The van der Waals surface area contributed by atoms with Crippen LogP contribution >= 0.6 is 0 Å². The average Bonchev–Trinajstić information content (AvgIpc) is 3.20. The summed E-state index contributed by atoms with van der Waals surface area (Å²) >= 11 is 0. The maximum atomic E-state index is 12.1. The smallest absolute Gasteiger partial charge is 0.200 e. The summed E-state index contributed by atoms with van der Waals surface area (Å²) in [7, 11) is 0. The van der Waals surface area contributed by atoms with Crippen LogP contribution in [0.25, 0.3) is 16.6 Å². The predicted octanol–water partition coefficient (Wildman–Crippen LogP) is 2.64. The van der Waals surface area contributed by atoms with E-state index in [0.717, 1.165) is 12.1 Å². The van der Waals surface area contributed by atoms with Crippen LogP contribution < -0.4 is 5.32 Å². The Bertz CT molecular complexity index is 1040. The Morgan fingerprint density at radius 1 is 1.15 bits per heavy atom. The van der Waals surface area contributed by atoms with Crippen molar-refractivity contribution in [3.05, 3.63) is 53.4 Å². The molecular formula is C21H20N4O. The van der Waals surface area contributed by atoms with Crippen LogP contribution in [0.5, 0.6) is 0 Å². The van der Waals surface area contributed by atoms with Gasteiger partial charge in [-0.3, -0.25) is 9.79 Å². The van der Waals surface area contributed by atoms with E-state index in [2.05, 4.69) is 45.2 Å². The highest BCUT2D eigenvalue weighted by Gasteiger charge is 2.37. The summed E-state index contributed by atoms with van der Waals surface area (Å²) in [5.41, 5.74) is 6.17. The molecule has 1 N–H and O–H groups in total. The van der Waals surface area contributed by atoms with Gasteiger partial charge in [0.25, 0.3) is 0 Å². The van der Waals surface area contributed by atoms with E-state index in [1.807, 2.05) is 17.3 Å². The van der Waals surface area contributed by atoms with Gasteiger partial charge < -0.3 is 14.8 Å². The fraction of sp³-hybridized carbons (Fsp3) is 0.333. The Hall–Kier alpha value is -2.66. The zero-order valence-corrected chi connectivity index (χ0v) is 14.5. The second kappa shape index (κ2) is 5.17. The van der Waals surface area contributed by atoms with Crippen molar-refractivity contribution < 1.29 is 4.79 Å². The van der Waals surface area contributed by atoms with E-state index >= 15 is 0 Å². The molecule has 1 aromatic heterocycles. The number of ketones is 1. The van der Waals surface area contributed by atoms with Crippen LogP contribution in [0.1, 0.15) is 30.1 Å². The van der Waals surface area contributed by atoms with Crippen molar-refractivity contribution in [3.63, 3.8) is 0 Å². The SMILES string of the molecule is O=C1CN=CN2CC(n3c4c(c5ccccc53)[C@H]3CC[C@@H](C4)N3)=CC=C12. The van der Waals surface area contributed by atoms with E-state index in [1.54, 1.807) is 0 Å². The molecule has 0 aliphatic carbocycles. The second-order valence-electron chi connectivity index (χ2n) is 7.63. The molecule has 0 amide bonds. The minimum Gasteiger partial charge on any atom is -0.324 e. The number of benzene rings is 1. The van der Waals surface area contributed by atoms with E-state index in [4.69, 9.17) is 0 Å². The minimum atomic E-state index is 0.101. The molecule has 1 saturated heterocycles. The number of fused-ring (bicyclic) bond motifs is 7. The number of carbonyl (C=O) groups is 1. The van der Waals surface area contributed by atoms with Crippen LogP contribution in [0, 0.1) is 0 Å². The number of allylic oxidation sites excluding steroid dienone is 2. The van der Waals surface area contributed by atoms with Gasteiger partial charge in [-0.25, -0.2) is 0 Å². The van der Waals surface area contributed by atoms with Crippen molar-refractivity contribution in [2.24, 2.45) is 4.99 Å². The fourth-order valence-corrected chi connectivity index (χ4v) is 5.06. The van der Waals surface area contributed by atoms with Crippen molar-refractivity contribution >= 4 is 28.7 Å². The highest BCUT2D eigenvalue weighted by atomic mass is 16.1. The third-order valence-corrected chi connectivity index (χ3v) is 6.15. The molecule has 5 nitrogen and oxygen atoms in total. The molecule has 2 aromatic rings. The summed E-state index contributed by atoms with van der Waals surface area (Å²) in [4.78, 5) is 18.3. The number of Topliss-reactive ketones (excluding diaryl/α,β-unsaturated/α-hetero) is 1. The highest BCUT2D eigenvalue weighted by molar-refractivity contribution is 6.02. The third kappa shape index (κ3) is 1.89. The number of para-hydroxylation sites is 1.